The number of amides is 1. The van der Waals surface area contributed by atoms with Crippen molar-refractivity contribution in [2.24, 2.45) is 0 Å². The van der Waals surface area contributed by atoms with Gasteiger partial charge in [0.2, 0.25) is 0 Å². The number of hydrogen-bond acceptors (Lipinski definition) is 3. The van der Waals surface area contributed by atoms with Crippen LogP contribution in [0.3, 0.4) is 0 Å². The number of hydrogen-bond donors (Lipinski definition) is 0. The number of aromatic nitrogens is 1. The molecule has 1 aromatic rings. The minimum atomic E-state index is 0.0217. The molecule has 0 N–H and O–H groups in total. The third-order valence-electron chi connectivity index (χ3n) is 2.92. The van der Waals surface area contributed by atoms with Crippen molar-refractivity contribution in [3.8, 4) is 0 Å². The van der Waals surface area contributed by atoms with E-state index in [4.69, 9.17) is 4.52 Å². The molecule has 0 radical (unpaired) electrons. The van der Waals surface area contributed by atoms with Crippen LogP contribution in [-0.2, 0) is 0 Å². The Morgan fingerprint density at radius 1 is 1.64 bits per heavy atom. The molecule has 14 heavy (non-hydrogen) atoms. The predicted molar refractivity (Wildman–Crippen MR) is 51.0 cm³/mol. The van der Waals surface area contributed by atoms with E-state index in [0.717, 1.165) is 12.8 Å². The quantitative estimate of drug-likeness (QED) is 0.718. The lowest BCUT2D eigenvalue weighted by Crippen LogP contribution is -2.41. The third-order valence-corrected chi connectivity index (χ3v) is 2.92. The molecule has 0 spiro atoms. The zero-order valence-corrected chi connectivity index (χ0v) is 8.49. The first kappa shape index (κ1) is 9.24. The van der Waals surface area contributed by atoms with Gasteiger partial charge in [-0.15, -0.1) is 0 Å². The summed E-state index contributed by atoms with van der Waals surface area (Å²) in [4.78, 5) is 13.7. The Balaban J connectivity index is 2.11. The molecule has 1 aliphatic rings. The molecule has 1 saturated carbocycles. The molecule has 2 rings (SSSR count). The van der Waals surface area contributed by atoms with Gasteiger partial charge in [-0.1, -0.05) is 5.16 Å². The van der Waals surface area contributed by atoms with Crippen molar-refractivity contribution >= 4 is 5.91 Å². The van der Waals surface area contributed by atoms with Crippen LogP contribution in [0.4, 0.5) is 0 Å². The van der Waals surface area contributed by atoms with Gasteiger partial charge in [-0.05, 0) is 26.2 Å². The number of carbonyl (C=O) groups excluding carboxylic acids is 1. The predicted octanol–water partition coefficient (Wildman–Crippen LogP) is 1.61. The average Bonchev–Trinajstić information content (AvgIpc) is 2.47. The zero-order valence-electron chi connectivity index (χ0n) is 8.49. The van der Waals surface area contributed by atoms with Gasteiger partial charge in [0.15, 0.2) is 0 Å². The summed E-state index contributed by atoms with van der Waals surface area (Å²) in [5.41, 5.74) is 0.583. The molecule has 0 atom stereocenters. The van der Waals surface area contributed by atoms with E-state index in [1.807, 2.05) is 7.05 Å². The first-order chi connectivity index (χ1) is 6.70. The fourth-order valence-electron chi connectivity index (χ4n) is 1.63. The van der Waals surface area contributed by atoms with Gasteiger partial charge in [0.1, 0.15) is 11.3 Å². The Bertz CT molecular complexity index is 342. The molecular weight excluding hydrogens is 180 g/mol. The molecule has 1 aliphatic carbocycles. The van der Waals surface area contributed by atoms with Gasteiger partial charge in [-0.25, -0.2) is 0 Å². The van der Waals surface area contributed by atoms with Crippen LogP contribution >= 0.6 is 0 Å². The highest BCUT2D eigenvalue weighted by Gasteiger charge is 2.27. The number of aryl methyl sites for hydroxylation is 1. The maximum absolute atomic E-state index is 11.9. The highest BCUT2D eigenvalue weighted by atomic mass is 16.5. The Hall–Kier alpha value is -1.32. The molecule has 1 heterocycles. The van der Waals surface area contributed by atoms with Crippen LogP contribution in [0, 0.1) is 6.92 Å². The minimum absolute atomic E-state index is 0.0217. The van der Waals surface area contributed by atoms with Crippen LogP contribution in [0.2, 0.25) is 0 Å². The molecule has 0 aliphatic heterocycles. The van der Waals surface area contributed by atoms with Crippen LogP contribution in [0.5, 0.6) is 0 Å². The van der Waals surface area contributed by atoms with E-state index in [0.29, 0.717) is 17.4 Å². The summed E-state index contributed by atoms with van der Waals surface area (Å²) in [7, 11) is 1.85. The summed E-state index contributed by atoms with van der Waals surface area (Å²) in [5.74, 6) is 0.620. The highest BCUT2D eigenvalue weighted by molar-refractivity contribution is 5.94. The molecular formula is C10H14N2O2. The summed E-state index contributed by atoms with van der Waals surface area (Å²) in [6.45, 7) is 1.76. The topological polar surface area (TPSA) is 46.3 Å². The lowest BCUT2D eigenvalue weighted by atomic mass is 9.91. The minimum Gasteiger partial charge on any atom is -0.361 e. The van der Waals surface area contributed by atoms with E-state index in [1.165, 1.54) is 12.6 Å². The highest BCUT2D eigenvalue weighted by Crippen LogP contribution is 2.25. The normalized spacial score (nSPS) is 16.4. The van der Waals surface area contributed by atoms with Gasteiger partial charge in [-0.3, -0.25) is 4.79 Å². The monoisotopic (exact) mass is 194 g/mol. The molecule has 4 heteroatoms. The number of carbonyl (C=O) groups is 1. The molecule has 76 valence electrons. The van der Waals surface area contributed by atoms with Crippen molar-refractivity contribution in [2.75, 3.05) is 7.05 Å². The summed E-state index contributed by atoms with van der Waals surface area (Å²) in [6, 6.07) is 0.414. The molecule has 4 nitrogen and oxygen atoms in total. The van der Waals surface area contributed by atoms with E-state index in [2.05, 4.69) is 5.16 Å². The fourth-order valence-corrected chi connectivity index (χ4v) is 1.63. The maximum atomic E-state index is 11.9. The zero-order chi connectivity index (χ0) is 10.1. The van der Waals surface area contributed by atoms with Gasteiger partial charge in [0, 0.05) is 13.1 Å². The largest absolute Gasteiger partial charge is 0.361 e. The Labute approximate surface area is 82.9 Å². The fraction of sp³-hybridized carbons (Fsp3) is 0.600. The van der Waals surface area contributed by atoms with Crippen LogP contribution in [0.25, 0.3) is 0 Å². The number of nitrogens with zero attached hydrogens (tertiary/aromatic N) is 2. The van der Waals surface area contributed by atoms with Gasteiger partial charge in [-0.2, -0.15) is 0 Å². The maximum Gasteiger partial charge on any atom is 0.259 e. The second-order valence-electron chi connectivity index (χ2n) is 3.80. The van der Waals surface area contributed by atoms with Gasteiger partial charge < -0.3 is 9.42 Å². The van der Waals surface area contributed by atoms with Crippen molar-refractivity contribution in [1.29, 1.82) is 0 Å². The molecule has 0 bridgehead atoms. The molecule has 1 aromatic heterocycles. The first-order valence-electron chi connectivity index (χ1n) is 4.88. The van der Waals surface area contributed by atoms with Gasteiger partial charge in [0.05, 0.1) is 6.20 Å². The van der Waals surface area contributed by atoms with Crippen molar-refractivity contribution in [1.82, 2.24) is 10.1 Å². The smallest absolute Gasteiger partial charge is 0.259 e. The molecule has 1 fully saturated rings. The Morgan fingerprint density at radius 2 is 2.36 bits per heavy atom. The summed E-state index contributed by atoms with van der Waals surface area (Å²) < 4.78 is 4.87. The average molecular weight is 194 g/mol. The van der Waals surface area contributed by atoms with Crippen LogP contribution in [0.1, 0.15) is 35.4 Å². The van der Waals surface area contributed by atoms with Gasteiger partial charge >= 0.3 is 0 Å². The summed E-state index contributed by atoms with van der Waals surface area (Å²) in [6.07, 6.45) is 4.96. The second kappa shape index (κ2) is 3.44. The Morgan fingerprint density at radius 3 is 2.79 bits per heavy atom. The lowest BCUT2D eigenvalue weighted by molar-refractivity contribution is 0.0650. The molecule has 0 saturated heterocycles. The van der Waals surface area contributed by atoms with Crippen LogP contribution in [-0.4, -0.2) is 29.1 Å². The SMILES string of the molecule is Cc1oncc1C(=O)N(C)C1CCC1. The summed E-state index contributed by atoms with van der Waals surface area (Å²) >= 11 is 0. The van der Waals surface area contributed by atoms with Crippen molar-refractivity contribution < 1.29 is 9.32 Å². The van der Waals surface area contributed by atoms with E-state index in [-0.39, 0.29) is 5.91 Å². The van der Waals surface area contributed by atoms with Crippen molar-refractivity contribution in [3.63, 3.8) is 0 Å². The van der Waals surface area contributed by atoms with E-state index < -0.39 is 0 Å². The molecule has 1 amide bonds. The van der Waals surface area contributed by atoms with Crippen molar-refractivity contribution in [2.45, 2.75) is 32.2 Å². The van der Waals surface area contributed by atoms with E-state index in [9.17, 15) is 4.79 Å². The Kier molecular flexibility index (Phi) is 2.27. The van der Waals surface area contributed by atoms with Crippen LogP contribution < -0.4 is 0 Å². The number of rotatable bonds is 2. The third kappa shape index (κ3) is 1.41. The standard InChI is InChI=1S/C10H14N2O2/c1-7-9(6-11-14-7)10(13)12(2)8-4-3-5-8/h6,8H,3-5H2,1-2H3. The molecule has 0 unspecified atom stereocenters. The van der Waals surface area contributed by atoms with E-state index in [1.54, 1.807) is 11.8 Å². The van der Waals surface area contributed by atoms with Gasteiger partial charge in [0.25, 0.3) is 5.91 Å². The molecule has 0 aromatic carbocycles. The summed E-state index contributed by atoms with van der Waals surface area (Å²) in [5, 5.41) is 3.61. The first-order valence-corrected chi connectivity index (χ1v) is 4.88. The van der Waals surface area contributed by atoms with E-state index >= 15 is 0 Å². The second-order valence-corrected chi connectivity index (χ2v) is 3.80. The van der Waals surface area contributed by atoms with Crippen molar-refractivity contribution in [3.05, 3.63) is 17.5 Å². The van der Waals surface area contributed by atoms with Crippen LogP contribution in [0.15, 0.2) is 10.7 Å². The lowest BCUT2D eigenvalue weighted by Gasteiger charge is -2.34.